The van der Waals surface area contributed by atoms with Crippen LogP contribution in [0.25, 0.3) is 0 Å². The number of hydrogen-bond donors (Lipinski definition) is 1. The molecule has 1 aromatic carbocycles. The summed E-state index contributed by atoms with van der Waals surface area (Å²) in [6.07, 6.45) is 1.02. The Hall–Kier alpha value is -2.68. The summed E-state index contributed by atoms with van der Waals surface area (Å²) in [5.74, 6) is 2.38. The van der Waals surface area contributed by atoms with Gasteiger partial charge < -0.3 is 19.5 Å². The van der Waals surface area contributed by atoms with Crippen LogP contribution in [-0.2, 0) is 9.53 Å². The van der Waals surface area contributed by atoms with E-state index in [1.54, 1.807) is 16.4 Å². The van der Waals surface area contributed by atoms with Gasteiger partial charge in [0.25, 0.3) is 0 Å². The average Bonchev–Trinajstić information content (AvgIpc) is 3.14. The fourth-order valence-electron chi connectivity index (χ4n) is 3.31. The van der Waals surface area contributed by atoms with E-state index in [-0.39, 0.29) is 0 Å². The van der Waals surface area contributed by atoms with Crippen molar-refractivity contribution in [3.63, 3.8) is 0 Å². The number of benzene rings is 1. The fourth-order valence-corrected chi connectivity index (χ4v) is 3.99. The number of allylic oxidation sites excluding steroid dienone is 1. The van der Waals surface area contributed by atoms with Crippen LogP contribution in [0.2, 0.25) is 0 Å². The molecule has 30 heavy (non-hydrogen) atoms. The minimum atomic E-state index is -0.493. The zero-order valence-electron chi connectivity index (χ0n) is 18.0. The second kappa shape index (κ2) is 9.88. The van der Waals surface area contributed by atoms with Crippen molar-refractivity contribution in [1.82, 2.24) is 14.8 Å². The zero-order valence-corrected chi connectivity index (χ0v) is 18.8. The van der Waals surface area contributed by atoms with Crippen molar-refractivity contribution in [1.29, 1.82) is 0 Å². The Balaban J connectivity index is 2.12. The second-order valence-electron chi connectivity index (χ2n) is 6.64. The predicted octanol–water partition coefficient (Wildman–Crippen LogP) is 4.04. The molecular weight excluding hydrogens is 404 g/mol. The van der Waals surface area contributed by atoms with Crippen molar-refractivity contribution in [2.24, 2.45) is 0 Å². The van der Waals surface area contributed by atoms with Gasteiger partial charge in [-0.25, -0.2) is 9.48 Å². The van der Waals surface area contributed by atoms with Crippen LogP contribution >= 0.6 is 11.8 Å². The molecule has 0 radical (unpaired) electrons. The van der Waals surface area contributed by atoms with E-state index >= 15 is 0 Å². The van der Waals surface area contributed by atoms with Crippen molar-refractivity contribution < 1.29 is 19.0 Å². The second-order valence-corrected chi connectivity index (χ2v) is 7.70. The lowest BCUT2D eigenvalue weighted by molar-refractivity contribution is -0.136. The number of ether oxygens (including phenoxy) is 3. The predicted molar refractivity (Wildman–Crippen MR) is 116 cm³/mol. The number of esters is 1. The lowest BCUT2D eigenvalue weighted by Crippen LogP contribution is -2.29. The molecule has 2 heterocycles. The summed E-state index contributed by atoms with van der Waals surface area (Å²) < 4.78 is 18.3. The highest BCUT2D eigenvalue weighted by atomic mass is 32.2. The third kappa shape index (κ3) is 4.40. The van der Waals surface area contributed by atoms with Crippen LogP contribution in [-0.4, -0.2) is 46.8 Å². The molecule has 1 atom stereocenters. The van der Waals surface area contributed by atoms with Gasteiger partial charge in [-0.15, -0.1) is 5.10 Å². The van der Waals surface area contributed by atoms with Crippen LogP contribution in [0.4, 0.5) is 5.95 Å². The van der Waals surface area contributed by atoms with Crippen LogP contribution in [0, 0.1) is 0 Å². The molecule has 1 unspecified atom stereocenters. The Morgan fingerprint density at radius 3 is 2.60 bits per heavy atom. The highest BCUT2D eigenvalue weighted by Gasteiger charge is 2.35. The number of rotatable bonds is 9. The number of anilines is 1. The molecule has 0 aliphatic carbocycles. The minimum Gasteiger partial charge on any atom is -0.490 e. The van der Waals surface area contributed by atoms with E-state index in [9.17, 15) is 4.79 Å². The molecule has 0 bridgehead atoms. The lowest BCUT2D eigenvalue weighted by atomic mass is 9.95. The molecule has 9 heteroatoms. The normalized spacial score (nSPS) is 15.4. The summed E-state index contributed by atoms with van der Waals surface area (Å²) in [5.41, 5.74) is 2.00. The largest absolute Gasteiger partial charge is 0.490 e. The number of nitrogens with zero attached hydrogens (tertiary/aromatic N) is 3. The van der Waals surface area contributed by atoms with Crippen LogP contribution in [0.15, 0.2) is 34.6 Å². The monoisotopic (exact) mass is 432 g/mol. The first-order chi connectivity index (χ1) is 14.5. The molecule has 0 saturated heterocycles. The van der Waals surface area contributed by atoms with Crippen molar-refractivity contribution in [2.75, 3.05) is 31.4 Å². The fraction of sp³-hybridized carbons (Fsp3) is 0.476. The first-order valence-electron chi connectivity index (χ1n) is 10.1. The summed E-state index contributed by atoms with van der Waals surface area (Å²) in [6, 6.07) is 5.18. The Labute approximate surface area is 181 Å². The number of carbonyl (C=O) groups is 1. The van der Waals surface area contributed by atoms with Gasteiger partial charge in [0.1, 0.15) is 6.04 Å². The molecular formula is C21H28N4O4S. The smallest absolute Gasteiger partial charge is 0.338 e. The molecule has 1 aromatic heterocycles. The summed E-state index contributed by atoms with van der Waals surface area (Å²) >= 11 is 1.59. The third-order valence-corrected chi connectivity index (χ3v) is 5.60. The maximum absolute atomic E-state index is 12.7. The quantitative estimate of drug-likeness (QED) is 0.469. The zero-order chi connectivity index (χ0) is 21.7. The van der Waals surface area contributed by atoms with E-state index in [2.05, 4.69) is 22.3 Å². The maximum Gasteiger partial charge on any atom is 0.338 e. The standard InChI is InChI=1S/C21H28N4O4S/c1-6-11-30-21-23-20-22-13(4)17(19(26)27-5)18(25(20)24-21)14-9-10-15(28-7-2)16(12-14)29-8-3/h9-10,12,18H,6-8,11H2,1-5H3,(H,22,23,24). The van der Waals surface area contributed by atoms with Gasteiger partial charge in [-0.05, 0) is 44.9 Å². The van der Waals surface area contributed by atoms with Gasteiger partial charge >= 0.3 is 5.97 Å². The Morgan fingerprint density at radius 2 is 1.93 bits per heavy atom. The van der Waals surface area contributed by atoms with Gasteiger partial charge in [-0.2, -0.15) is 4.98 Å². The Morgan fingerprint density at radius 1 is 1.20 bits per heavy atom. The first-order valence-corrected chi connectivity index (χ1v) is 11.1. The molecule has 3 rings (SSSR count). The molecule has 0 saturated carbocycles. The minimum absolute atomic E-state index is 0.416. The Bertz CT molecular complexity index is 941. The molecule has 2 aromatic rings. The van der Waals surface area contributed by atoms with Crippen LogP contribution < -0.4 is 14.8 Å². The first kappa shape index (κ1) is 22.0. The molecule has 0 fully saturated rings. The molecule has 0 amide bonds. The van der Waals surface area contributed by atoms with E-state index < -0.39 is 12.0 Å². The van der Waals surface area contributed by atoms with Gasteiger partial charge in [0.2, 0.25) is 11.1 Å². The molecule has 8 nitrogen and oxygen atoms in total. The van der Waals surface area contributed by atoms with E-state index in [0.717, 1.165) is 17.7 Å². The number of aromatic nitrogens is 3. The van der Waals surface area contributed by atoms with Crippen molar-refractivity contribution >= 4 is 23.7 Å². The highest BCUT2D eigenvalue weighted by molar-refractivity contribution is 7.99. The number of methoxy groups -OCH3 is 1. The number of fused-ring (bicyclic) bond motifs is 1. The highest BCUT2D eigenvalue weighted by Crippen LogP contribution is 2.39. The third-order valence-electron chi connectivity index (χ3n) is 4.56. The van der Waals surface area contributed by atoms with E-state index in [0.29, 0.717) is 47.1 Å². The van der Waals surface area contributed by atoms with E-state index in [4.69, 9.17) is 14.2 Å². The molecule has 1 aliphatic rings. The van der Waals surface area contributed by atoms with Crippen molar-refractivity contribution in [3.05, 3.63) is 35.0 Å². The topological polar surface area (TPSA) is 87.5 Å². The van der Waals surface area contributed by atoms with Gasteiger partial charge in [-0.3, -0.25) is 0 Å². The van der Waals surface area contributed by atoms with Gasteiger partial charge in [0.15, 0.2) is 11.5 Å². The summed E-state index contributed by atoms with van der Waals surface area (Å²) in [5, 5.41) is 8.53. The van der Waals surface area contributed by atoms with Crippen molar-refractivity contribution in [3.8, 4) is 11.5 Å². The SMILES string of the molecule is CCCSc1nc2n(n1)C(c1ccc(OCC)c(OCC)c1)C(C(=O)OC)=C(C)N2. The number of nitrogens with one attached hydrogen (secondary N) is 1. The summed E-state index contributed by atoms with van der Waals surface area (Å²) in [6.45, 7) is 8.83. The number of hydrogen-bond acceptors (Lipinski definition) is 8. The van der Waals surface area contributed by atoms with Crippen LogP contribution in [0.5, 0.6) is 11.5 Å². The van der Waals surface area contributed by atoms with Gasteiger partial charge in [0, 0.05) is 11.4 Å². The van der Waals surface area contributed by atoms with Crippen LogP contribution in [0.1, 0.15) is 45.7 Å². The van der Waals surface area contributed by atoms with Crippen LogP contribution in [0.3, 0.4) is 0 Å². The van der Waals surface area contributed by atoms with Gasteiger partial charge in [-0.1, -0.05) is 24.8 Å². The van der Waals surface area contributed by atoms with Crippen molar-refractivity contribution in [2.45, 2.75) is 45.3 Å². The maximum atomic E-state index is 12.7. The molecule has 0 spiro atoms. The van der Waals surface area contributed by atoms with E-state index in [1.807, 2.05) is 39.0 Å². The molecule has 162 valence electrons. The Kier molecular flexibility index (Phi) is 7.25. The van der Waals surface area contributed by atoms with E-state index in [1.165, 1.54) is 7.11 Å². The summed E-state index contributed by atoms with van der Waals surface area (Å²) in [7, 11) is 1.38. The average molecular weight is 433 g/mol. The van der Waals surface area contributed by atoms with Gasteiger partial charge in [0.05, 0.1) is 25.9 Å². The number of thioether (sulfide) groups is 1. The summed E-state index contributed by atoms with van der Waals surface area (Å²) in [4.78, 5) is 17.3. The number of carbonyl (C=O) groups excluding carboxylic acids is 1. The lowest BCUT2D eigenvalue weighted by Gasteiger charge is -2.28. The molecule has 1 aliphatic heterocycles. The molecule has 1 N–H and O–H groups in total.